The van der Waals surface area contributed by atoms with Crippen LogP contribution in [0.1, 0.15) is 23.9 Å². The molecule has 2 aromatic carbocycles. The van der Waals surface area contributed by atoms with Gasteiger partial charge in [-0.05, 0) is 36.2 Å². The zero-order chi connectivity index (χ0) is 21.4. The van der Waals surface area contributed by atoms with Crippen molar-refractivity contribution in [1.29, 1.82) is 0 Å². The lowest BCUT2D eigenvalue weighted by Gasteiger charge is -2.29. The second-order valence-corrected chi connectivity index (χ2v) is 8.09. The Morgan fingerprint density at radius 3 is 2.81 bits per heavy atom. The van der Waals surface area contributed by atoms with E-state index in [-0.39, 0.29) is 24.5 Å². The second kappa shape index (κ2) is 8.12. The third-order valence-corrected chi connectivity index (χ3v) is 6.03. The molecule has 2 aliphatic rings. The molecule has 10 heteroatoms. The third kappa shape index (κ3) is 3.79. The monoisotopic (exact) mass is 482 g/mol. The molecule has 1 N–H and O–H groups in total. The third-order valence-electron chi connectivity index (χ3n) is 5.34. The summed E-state index contributed by atoms with van der Waals surface area (Å²) in [5.41, 5.74) is 5.23. The maximum Gasteiger partial charge on any atom is 0.267 e. The Balaban J connectivity index is 1.28. The molecular formula is C21H19BrN6O3. The van der Waals surface area contributed by atoms with Gasteiger partial charge in [0.25, 0.3) is 5.91 Å². The van der Waals surface area contributed by atoms with Crippen LogP contribution in [0.3, 0.4) is 0 Å². The van der Waals surface area contributed by atoms with Crippen molar-refractivity contribution in [2.24, 2.45) is 5.10 Å². The maximum absolute atomic E-state index is 13.0. The minimum Gasteiger partial charge on any atom is -0.497 e. The van der Waals surface area contributed by atoms with Gasteiger partial charge in [0.15, 0.2) is 0 Å². The van der Waals surface area contributed by atoms with Gasteiger partial charge in [-0.25, -0.2) is 10.4 Å². The lowest BCUT2D eigenvalue weighted by molar-refractivity contribution is -0.137. The molecule has 0 radical (unpaired) electrons. The van der Waals surface area contributed by atoms with Crippen LogP contribution in [0.2, 0.25) is 0 Å². The number of nitrogens with zero attached hydrogens (tertiary/aromatic N) is 5. The average molecular weight is 483 g/mol. The van der Waals surface area contributed by atoms with Crippen LogP contribution in [0.25, 0.3) is 11.4 Å². The van der Waals surface area contributed by atoms with E-state index in [9.17, 15) is 4.79 Å². The predicted molar refractivity (Wildman–Crippen MR) is 116 cm³/mol. The second-order valence-electron chi connectivity index (χ2n) is 7.23. The van der Waals surface area contributed by atoms with E-state index in [1.807, 2.05) is 48.5 Å². The fourth-order valence-electron chi connectivity index (χ4n) is 3.70. The topological polar surface area (TPSA) is 96.1 Å². The predicted octanol–water partition coefficient (Wildman–Crippen LogP) is 3.11. The number of rotatable bonds is 5. The van der Waals surface area contributed by atoms with Gasteiger partial charge in [0.05, 0.1) is 13.2 Å². The van der Waals surface area contributed by atoms with Crippen molar-refractivity contribution < 1.29 is 14.1 Å². The smallest absolute Gasteiger partial charge is 0.267 e. The van der Waals surface area contributed by atoms with Gasteiger partial charge in [-0.15, -0.1) is 0 Å². The number of ether oxygens (including phenoxy) is 1. The number of methoxy groups -OCH3 is 1. The van der Waals surface area contributed by atoms with Crippen LogP contribution in [-0.2, 0) is 11.3 Å². The first-order valence-corrected chi connectivity index (χ1v) is 10.5. The molecule has 1 amide bonds. The number of hydrazine groups is 1. The fourth-order valence-corrected chi connectivity index (χ4v) is 4.17. The summed E-state index contributed by atoms with van der Waals surface area (Å²) in [7, 11) is 1.64. The Bertz CT molecular complexity index is 1130. The number of carbonyl (C=O) groups is 1. The molecule has 3 aromatic rings. The lowest BCUT2D eigenvalue weighted by Crippen LogP contribution is -2.50. The van der Waals surface area contributed by atoms with E-state index in [1.54, 1.807) is 18.5 Å². The summed E-state index contributed by atoms with van der Waals surface area (Å²) in [6.45, 7) is 0.115. The summed E-state index contributed by atoms with van der Waals surface area (Å²) in [5.74, 6) is 1.46. The number of halogens is 1. The molecule has 0 aliphatic carbocycles. The highest BCUT2D eigenvalue weighted by Crippen LogP contribution is 2.31. The van der Waals surface area contributed by atoms with Crippen LogP contribution >= 0.6 is 15.9 Å². The number of benzene rings is 2. The Morgan fingerprint density at radius 1 is 1.23 bits per heavy atom. The Labute approximate surface area is 186 Å². The first-order chi connectivity index (χ1) is 15.1. The molecule has 0 bridgehead atoms. The van der Waals surface area contributed by atoms with Crippen molar-refractivity contribution in [3.63, 3.8) is 0 Å². The summed E-state index contributed by atoms with van der Waals surface area (Å²) in [6, 6.07) is 15.1. The molecule has 0 saturated carbocycles. The molecule has 3 heterocycles. The zero-order valence-corrected chi connectivity index (χ0v) is 18.2. The van der Waals surface area contributed by atoms with Gasteiger partial charge in [0.2, 0.25) is 11.7 Å². The maximum atomic E-state index is 13.0. The molecule has 2 atom stereocenters. The number of hydrogen-bond acceptors (Lipinski definition) is 8. The van der Waals surface area contributed by atoms with Gasteiger partial charge < -0.3 is 9.26 Å². The Morgan fingerprint density at radius 2 is 2.03 bits per heavy atom. The van der Waals surface area contributed by atoms with Crippen molar-refractivity contribution in [3.05, 3.63) is 64.5 Å². The van der Waals surface area contributed by atoms with Crippen molar-refractivity contribution in [1.82, 2.24) is 25.6 Å². The molecule has 2 unspecified atom stereocenters. The summed E-state index contributed by atoms with van der Waals surface area (Å²) < 4.78 is 11.4. The molecule has 5 rings (SSSR count). The van der Waals surface area contributed by atoms with E-state index >= 15 is 0 Å². The molecule has 1 fully saturated rings. The minimum atomic E-state index is -0.352. The quantitative estimate of drug-likeness (QED) is 0.596. The highest BCUT2D eigenvalue weighted by molar-refractivity contribution is 9.10. The highest BCUT2D eigenvalue weighted by Gasteiger charge is 2.41. The van der Waals surface area contributed by atoms with Gasteiger partial charge in [-0.1, -0.05) is 45.4 Å². The first kappa shape index (κ1) is 19.7. The van der Waals surface area contributed by atoms with Gasteiger partial charge in [-0.3, -0.25) is 9.80 Å². The number of fused-ring (bicyclic) bond motifs is 1. The van der Waals surface area contributed by atoms with Gasteiger partial charge in [0.1, 0.15) is 24.7 Å². The number of hydrogen-bond donors (Lipinski definition) is 1. The largest absolute Gasteiger partial charge is 0.497 e. The van der Waals surface area contributed by atoms with Crippen molar-refractivity contribution >= 4 is 28.2 Å². The lowest BCUT2D eigenvalue weighted by atomic mass is 10.0. The van der Waals surface area contributed by atoms with E-state index in [1.165, 1.54) is 5.01 Å². The van der Waals surface area contributed by atoms with Gasteiger partial charge in [-0.2, -0.15) is 10.1 Å². The van der Waals surface area contributed by atoms with E-state index in [0.717, 1.165) is 21.3 Å². The van der Waals surface area contributed by atoms with Crippen LogP contribution < -0.4 is 10.2 Å². The van der Waals surface area contributed by atoms with E-state index < -0.39 is 0 Å². The van der Waals surface area contributed by atoms with Gasteiger partial charge >= 0.3 is 0 Å². The standard InChI is InChI=1S/C21H19BrN6O3/c1-30-14-8-6-13(7-9-14)17-10-18-21(29)27(23-12-28(18)25-17)11-19-24-20(26-31-19)15-4-2-3-5-16(15)22/h2-9,12,17-18,25H,10-11H2,1H3. The Kier molecular flexibility index (Phi) is 5.16. The average Bonchev–Trinajstić information content (AvgIpc) is 3.44. The van der Waals surface area contributed by atoms with E-state index in [2.05, 4.69) is 36.6 Å². The van der Waals surface area contributed by atoms with Crippen LogP contribution in [-0.4, -0.2) is 45.6 Å². The fraction of sp³-hybridized carbons (Fsp3) is 0.238. The Hall–Kier alpha value is -3.24. The number of hydrazone groups is 1. The molecule has 9 nitrogen and oxygen atoms in total. The molecule has 1 saturated heterocycles. The molecule has 31 heavy (non-hydrogen) atoms. The summed E-state index contributed by atoms with van der Waals surface area (Å²) in [5, 5.41) is 11.4. The molecule has 0 spiro atoms. The van der Waals surface area contributed by atoms with Crippen molar-refractivity contribution in [3.8, 4) is 17.1 Å². The van der Waals surface area contributed by atoms with E-state index in [4.69, 9.17) is 9.26 Å². The summed E-state index contributed by atoms with van der Waals surface area (Å²) in [6.07, 6.45) is 2.25. The molecule has 2 aliphatic heterocycles. The van der Waals surface area contributed by atoms with Crippen molar-refractivity contribution in [2.75, 3.05) is 7.11 Å². The minimum absolute atomic E-state index is 0.0108. The number of carbonyl (C=O) groups excluding carboxylic acids is 1. The molecule has 1 aromatic heterocycles. The van der Waals surface area contributed by atoms with Crippen LogP contribution in [0.5, 0.6) is 5.75 Å². The van der Waals surface area contributed by atoms with Crippen LogP contribution in [0.15, 0.2) is 62.6 Å². The van der Waals surface area contributed by atoms with Crippen LogP contribution in [0, 0.1) is 0 Å². The molecular weight excluding hydrogens is 464 g/mol. The summed E-state index contributed by atoms with van der Waals surface area (Å²) >= 11 is 3.48. The van der Waals surface area contributed by atoms with Crippen molar-refractivity contribution in [2.45, 2.75) is 25.0 Å². The number of nitrogens with one attached hydrogen (secondary N) is 1. The zero-order valence-electron chi connectivity index (χ0n) is 16.6. The molecule has 158 valence electrons. The normalized spacial score (nSPS) is 20.3. The van der Waals surface area contributed by atoms with E-state index in [0.29, 0.717) is 18.1 Å². The summed E-state index contributed by atoms with van der Waals surface area (Å²) in [4.78, 5) is 17.5. The highest BCUT2D eigenvalue weighted by atomic mass is 79.9. The number of aromatic nitrogens is 2. The van der Waals surface area contributed by atoms with Gasteiger partial charge in [0, 0.05) is 10.0 Å². The SMILES string of the molecule is COc1ccc(C2CC3C(=O)N(Cc4nc(-c5ccccc5Br)no4)N=CN3N2)cc1. The van der Waals surface area contributed by atoms with Crippen LogP contribution in [0.4, 0.5) is 0 Å². The first-order valence-electron chi connectivity index (χ1n) is 9.74. The number of amides is 1.